The predicted octanol–water partition coefficient (Wildman–Crippen LogP) is 3.74. The van der Waals surface area contributed by atoms with Gasteiger partial charge >= 0.3 is 0 Å². The van der Waals surface area contributed by atoms with Gasteiger partial charge in [-0.15, -0.1) is 0 Å². The van der Waals surface area contributed by atoms with Crippen molar-refractivity contribution in [2.75, 3.05) is 13.1 Å². The molecule has 0 radical (unpaired) electrons. The smallest absolute Gasteiger partial charge is 0.143 e. The van der Waals surface area contributed by atoms with E-state index in [4.69, 9.17) is 4.52 Å². The van der Waals surface area contributed by atoms with Gasteiger partial charge in [-0.3, -0.25) is 15.8 Å². The van der Waals surface area contributed by atoms with Gasteiger partial charge in [-0.2, -0.15) is 0 Å². The van der Waals surface area contributed by atoms with Crippen molar-refractivity contribution in [3.05, 3.63) is 53.8 Å². The van der Waals surface area contributed by atoms with Crippen LogP contribution in [0.4, 0.5) is 0 Å². The Hall–Kier alpha value is -2.21. The highest BCUT2D eigenvalue weighted by molar-refractivity contribution is 5.96. The first-order chi connectivity index (χ1) is 13.7. The van der Waals surface area contributed by atoms with Crippen LogP contribution in [0, 0.1) is 5.92 Å². The number of benzene rings is 2. The van der Waals surface area contributed by atoms with Gasteiger partial charge in [0.15, 0.2) is 0 Å². The quantitative estimate of drug-likeness (QED) is 0.726. The van der Waals surface area contributed by atoms with E-state index in [-0.39, 0.29) is 0 Å². The molecule has 5 nitrogen and oxygen atoms in total. The first-order valence-electron chi connectivity index (χ1n) is 10.4. The average molecular weight is 377 g/mol. The minimum Gasteiger partial charge on any atom is -0.360 e. The van der Waals surface area contributed by atoms with Crippen molar-refractivity contribution in [3.8, 4) is 11.3 Å². The van der Waals surface area contributed by atoms with Gasteiger partial charge in [-0.1, -0.05) is 47.6 Å². The third kappa shape index (κ3) is 3.13. The fourth-order valence-electron chi connectivity index (χ4n) is 4.84. The topological polar surface area (TPSA) is 53.3 Å². The molecule has 5 rings (SSSR count). The molecule has 3 aromatic rings. The second-order valence-electron chi connectivity index (χ2n) is 8.30. The minimum atomic E-state index is 0.525. The van der Waals surface area contributed by atoms with Crippen LogP contribution in [0.5, 0.6) is 0 Å². The number of hydrogen-bond donors (Lipinski definition) is 2. The third-order valence-electron chi connectivity index (χ3n) is 6.55. The second-order valence-corrected chi connectivity index (χ2v) is 8.30. The molecule has 5 heteroatoms. The molecule has 1 aromatic heterocycles. The van der Waals surface area contributed by atoms with E-state index >= 15 is 0 Å². The van der Waals surface area contributed by atoms with Crippen LogP contribution >= 0.6 is 0 Å². The van der Waals surface area contributed by atoms with Crippen LogP contribution in [-0.2, 0) is 13.0 Å². The van der Waals surface area contributed by atoms with Crippen molar-refractivity contribution in [2.45, 2.75) is 45.3 Å². The largest absolute Gasteiger partial charge is 0.360 e. The van der Waals surface area contributed by atoms with Crippen LogP contribution in [0.25, 0.3) is 22.0 Å². The third-order valence-corrected chi connectivity index (χ3v) is 6.55. The summed E-state index contributed by atoms with van der Waals surface area (Å²) in [5.74, 6) is 1.73. The molecule has 146 valence electrons. The summed E-state index contributed by atoms with van der Waals surface area (Å²) in [6, 6.07) is 16.0. The lowest BCUT2D eigenvalue weighted by Crippen LogP contribution is -2.34. The highest BCUT2D eigenvalue weighted by Gasteiger charge is 2.31. The molecule has 2 unspecified atom stereocenters. The summed E-state index contributed by atoms with van der Waals surface area (Å²) in [5, 5.41) is 6.98. The van der Waals surface area contributed by atoms with Gasteiger partial charge in [-0.05, 0) is 43.5 Å². The molecule has 0 saturated carbocycles. The SMILES string of the molecule is CC1NNC(C)C1CCN1CCc2onc(-c3cccc4ccccc34)c2C1. The summed E-state index contributed by atoms with van der Waals surface area (Å²) in [6.45, 7) is 7.63. The maximum absolute atomic E-state index is 5.75. The molecular weight excluding hydrogens is 348 g/mol. The van der Waals surface area contributed by atoms with E-state index in [1.807, 2.05) is 0 Å². The van der Waals surface area contributed by atoms with Gasteiger partial charge in [0.2, 0.25) is 0 Å². The monoisotopic (exact) mass is 376 g/mol. The summed E-state index contributed by atoms with van der Waals surface area (Å²) in [6.07, 6.45) is 2.14. The lowest BCUT2D eigenvalue weighted by atomic mass is 9.92. The lowest BCUT2D eigenvalue weighted by molar-refractivity contribution is 0.214. The Balaban J connectivity index is 1.38. The molecule has 2 aromatic carbocycles. The molecule has 2 aliphatic heterocycles. The van der Waals surface area contributed by atoms with E-state index in [2.05, 4.69) is 77.2 Å². The zero-order valence-corrected chi connectivity index (χ0v) is 16.6. The number of hydrogen-bond acceptors (Lipinski definition) is 5. The average Bonchev–Trinajstić information content (AvgIpc) is 3.28. The maximum Gasteiger partial charge on any atom is 0.143 e. The zero-order valence-electron chi connectivity index (χ0n) is 16.6. The maximum atomic E-state index is 5.75. The molecule has 1 fully saturated rings. The molecule has 2 atom stereocenters. The molecule has 28 heavy (non-hydrogen) atoms. The van der Waals surface area contributed by atoms with Crippen LogP contribution in [-0.4, -0.2) is 35.2 Å². The normalized spacial score (nSPS) is 25.3. The van der Waals surface area contributed by atoms with Gasteiger partial charge in [-0.25, -0.2) is 0 Å². The van der Waals surface area contributed by atoms with Crippen LogP contribution in [0.1, 0.15) is 31.6 Å². The lowest BCUT2D eigenvalue weighted by Gasteiger charge is -2.28. The van der Waals surface area contributed by atoms with Gasteiger partial charge in [0.1, 0.15) is 11.5 Å². The van der Waals surface area contributed by atoms with E-state index in [0.717, 1.165) is 37.5 Å². The number of aromatic nitrogens is 1. The van der Waals surface area contributed by atoms with E-state index in [0.29, 0.717) is 18.0 Å². The molecule has 1 saturated heterocycles. The van der Waals surface area contributed by atoms with Gasteiger partial charge in [0.05, 0.1) is 0 Å². The fourth-order valence-corrected chi connectivity index (χ4v) is 4.84. The number of nitrogens with zero attached hydrogens (tertiary/aromatic N) is 2. The Morgan fingerprint density at radius 1 is 1.07 bits per heavy atom. The van der Waals surface area contributed by atoms with Crippen molar-refractivity contribution in [2.24, 2.45) is 5.92 Å². The van der Waals surface area contributed by atoms with E-state index in [1.165, 1.54) is 28.3 Å². The van der Waals surface area contributed by atoms with Crippen molar-refractivity contribution in [1.29, 1.82) is 0 Å². The van der Waals surface area contributed by atoms with Gasteiger partial charge in [0.25, 0.3) is 0 Å². The highest BCUT2D eigenvalue weighted by Crippen LogP contribution is 2.34. The minimum absolute atomic E-state index is 0.525. The molecule has 2 aliphatic rings. The van der Waals surface area contributed by atoms with Crippen LogP contribution in [0.15, 0.2) is 47.0 Å². The number of rotatable bonds is 4. The molecule has 2 N–H and O–H groups in total. The first kappa shape index (κ1) is 17.9. The summed E-state index contributed by atoms with van der Waals surface area (Å²) in [7, 11) is 0. The standard InChI is InChI=1S/C23H28N4O/c1-15-18(16(2)25-24-15)10-12-27-13-11-22-21(14-27)23(26-28-22)20-9-5-7-17-6-3-4-8-19(17)20/h3-9,15-16,18,24-25H,10-14H2,1-2H3. The molecule has 0 bridgehead atoms. The van der Waals surface area contributed by atoms with E-state index in [1.54, 1.807) is 0 Å². The Morgan fingerprint density at radius 3 is 2.71 bits per heavy atom. The Labute approximate surface area is 166 Å². The fraction of sp³-hybridized carbons (Fsp3) is 0.435. The highest BCUT2D eigenvalue weighted by atomic mass is 16.5. The van der Waals surface area contributed by atoms with E-state index < -0.39 is 0 Å². The predicted molar refractivity (Wildman–Crippen MR) is 112 cm³/mol. The molecular formula is C23H28N4O. The van der Waals surface area contributed by atoms with Crippen molar-refractivity contribution >= 4 is 10.8 Å². The first-order valence-corrected chi connectivity index (χ1v) is 10.4. The Bertz CT molecular complexity index is 966. The molecule has 0 aliphatic carbocycles. The Morgan fingerprint density at radius 2 is 1.86 bits per heavy atom. The number of nitrogens with one attached hydrogen (secondary N) is 2. The number of fused-ring (bicyclic) bond motifs is 2. The van der Waals surface area contributed by atoms with Gasteiger partial charge < -0.3 is 4.52 Å². The zero-order chi connectivity index (χ0) is 19.1. The summed E-state index contributed by atoms with van der Waals surface area (Å²) in [4.78, 5) is 2.56. The molecule has 0 spiro atoms. The molecule has 3 heterocycles. The van der Waals surface area contributed by atoms with Crippen molar-refractivity contribution < 1.29 is 4.52 Å². The van der Waals surface area contributed by atoms with E-state index in [9.17, 15) is 0 Å². The van der Waals surface area contributed by atoms with Crippen LogP contribution in [0.2, 0.25) is 0 Å². The van der Waals surface area contributed by atoms with Crippen molar-refractivity contribution in [3.63, 3.8) is 0 Å². The van der Waals surface area contributed by atoms with Crippen LogP contribution in [0.3, 0.4) is 0 Å². The molecule has 0 amide bonds. The number of hydrazine groups is 1. The summed E-state index contributed by atoms with van der Waals surface area (Å²) >= 11 is 0. The van der Waals surface area contributed by atoms with Gasteiger partial charge in [0, 0.05) is 42.7 Å². The van der Waals surface area contributed by atoms with Crippen molar-refractivity contribution in [1.82, 2.24) is 20.9 Å². The summed E-state index contributed by atoms with van der Waals surface area (Å²) < 4.78 is 5.75. The second kappa shape index (κ2) is 7.32. The summed E-state index contributed by atoms with van der Waals surface area (Å²) in [5.41, 5.74) is 10.2. The van der Waals surface area contributed by atoms with Crippen LogP contribution < -0.4 is 10.9 Å². The Kier molecular flexibility index (Phi) is 4.67.